The van der Waals surface area contributed by atoms with Crippen molar-refractivity contribution in [1.29, 1.82) is 0 Å². The second-order valence-corrected chi connectivity index (χ2v) is 3.46. The molecule has 18 heavy (non-hydrogen) atoms. The van der Waals surface area contributed by atoms with E-state index in [0.717, 1.165) is 0 Å². The standard InChI is InChI=1S/C11H9N3O4/c1-6-8(11(16)17)9(14-18-6)10(15)13-7-3-2-4-12-5-7/h2-5H,1H3,(H,13,15)(H,16,17). The molecule has 2 aromatic rings. The maximum atomic E-state index is 11.8. The molecule has 0 radical (unpaired) electrons. The zero-order valence-corrected chi connectivity index (χ0v) is 9.38. The van der Waals surface area contributed by atoms with Crippen LogP contribution >= 0.6 is 0 Å². The summed E-state index contributed by atoms with van der Waals surface area (Å²) >= 11 is 0. The molecule has 2 N–H and O–H groups in total. The molecule has 2 heterocycles. The largest absolute Gasteiger partial charge is 0.477 e. The normalized spacial score (nSPS) is 10.1. The molecule has 92 valence electrons. The van der Waals surface area contributed by atoms with Gasteiger partial charge in [-0.15, -0.1) is 0 Å². The van der Waals surface area contributed by atoms with Crippen molar-refractivity contribution in [1.82, 2.24) is 10.1 Å². The number of rotatable bonds is 3. The maximum Gasteiger partial charge on any atom is 0.341 e. The van der Waals surface area contributed by atoms with Crippen molar-refractivity contribution >= 4 is 17.6 Å². The van der Waals surface area contributed by atoms with Crippen LogP contribution < -0.4 is 5.32 Å². The Hall–Kier alpha value is -2.70. The first-order chi connectivity index (χ1) is 8.59. The summed E-state index contributed by atoms with van der Waals surface area (Å²) < 4.78 is 4.71. The zero-order valence-electron chi connectivity index (χ0n) is 9.38. The molecular weight excluding hydrogens is 238 g/mol. The Kier molecular flexibility index (Phi) is 3.05. The summed E-state index contributed by atoms with van der Waals surface area (Å²) in [6.07, 6.45) is 2.99. The average molecular weight is 247 g/mol. The quantitative estimate of drug-likeness (QED) is 0.847. The fourth-order valence-electron chi connectivity index (χ4n) is 1.41. The molecule has 0 bridgehead atoms. The summed E-state index contributed by atoms with van der Waals surface area (Å²) in [5.41, 5.74) is -0.0558. The van der Waals surface area contributed by atoms with E-state index in [2.05, 4.69) is 15.5 Å². The SMILES string of the molecule is Cc1onc(C(=O)Nc2cccnc2)c1C(=O)O. The van der Waals surface area contributed by atoms with Crippen LogP contribution in [0, 0.1) is 6.92 Å². The van der Waals surface area contributed by atoms with Crippen LogP contribution in [0.25, 0.3) is 0 Å². The highest BCUT2D eigenvalue weighted by atomic mass is 16.5. The van der Waals surface area contributed by atoms with E-state index in [4.69, 9.17) is 9.63 Å². The number of amides is 1. The van der Waals surface area contributed by atoms with Crippen molar-refractivity contribution in [3.8, 4) is 0 Å². The molecule has 0 aliphatic rings. The van der Waals surface area contributed by atoms with Gasteiger partial charge < -0.3 is 14.9 Å². The van der Waals surface area contributed by atoms with Gasteiger partial charge in [-0.25, -0.2) is 4.79 Å². The molecule has 0 unspecified atom stereocenters. The van der Waals surface area contributed by atoms with Crippen molar-refractivity contribution in [3.63, 3.8) is 0 Å². The molecule has 7 heteroatoms. The lowest BCUT2D eigenvalue weighted by Gasteiger charge is -2.01. The van der Waals surface area contributed by atoms with Crippen molar-refractivity contribution in [2.75, 3.05) is 5.32 Å². The van der Waals surface area contributed by atoms with Gasteiger partial charge in [0.25, 0.3) is 5.91 Å². The number of pyridine rings is 1. The van der Waals surface area contributed by atoms with Crippen molar-refractivity contribution in [2.24, 2.45) is 0 Å². The molecule has 0 saturated heterocycles. The zero-order chi connectivity index (χ0) is 13.1. The molecule has 0 saturated carbocycles. The Morgan fingerprint density at radius 3 is 2.83 bits per heavy atom. The van der Waals surface area contributed by atoms with Gasteiger partial charge in [0, 0.05) is 6.20 Å². The topological polar surface area (TPSA) is 105 Å². The monoisotopic (exact) mass is 247 g/mol. The molecule has 0 atom stereocenters. The Balaban J connectivity index is 2.27. The number of hydrogen-bond acceptors (Lipinski definition) is 5. The summed E-state index contributed by atoms with van der Waals surface area (Å²) in [5.74, 6) is -1.83. The van der Waals surface area contributed by atoms with Gasteiger partial charge in [0.05, 0.1) is 11.9 Å². The molecule has 7 nitrogen and oxygen atoms in total. The fourth-order valence-corrected chi connectivity index (χ4v) is 1.41. The molecule has 0 aliphatic carbocycles. The van der Waals surface area contributed by atoms with E-state index in [1.807, 2.05) is 0 Å². The highest BCUT2D eigenvalue weighted by molar-refractivity contribution is 6.09. The third-order valence-corrected chi connectivity index (χ3v) is 2.21. The summed E-state index contributed by atoms with van der Waals surface area (Å²) in [4.78, 5) is 26.6. The van der Waals surface area contributed by atoms with Gasteiger partial charge in [-0.05, 0) is 19.1 Å². The van der Waals surface area contributed by atoms with E-state index in [-0.39, 0.29) is 17.0 Å². The van der Waals surface area contributed by atoms with Crippen molar-refractivity contribution in [3.05, 3.63) is 41.5 Å². The number of carbonyl (C=O) groups excluding carboxylic acids is 1. The number of hydrogen-bond donors (Lipinski definition) is 2. The highest BCUT2D eigenvalue weighted by Crippen LogP contribution is 2.15. The van der Waals surface area contributed by atoms with E-state index in [0.29, 0.717) is 5.69 Å². The van der Waals surface area contributed by atoms with Crippen LogP contribution in [0.3, 0.4) is 0 Å². The minimum absolute atomic E-state index is 0.0823. The number of nitrogens with one attached hydrogen (secondary N) is 1. The van der Waals surface area contributed by atoms with Crippen LogP contribution in [0.5, 0.6) is 0 Å². The summed E-state index contributed by atoms with van der Waals surface area (Å²) in [6, 6.07) is 3.26. The minimum atomic E-state index is -1.26. The number of aryl methyl sites for hydroxylation is 1. The predicted molar refractivity (Wildman–Crippen MR) is 60.4 cm³/mol. The second-order valence-electron chi connectivity index (χ2n) is 3.46. The smallest absolute Gasteiger partial charge is 0.341 e. The van der Waals surface area contributed by atoms with Gasteiger partial charge in [-0.1, -0.05) is 5.16 Å². The van der Waals surface area contributed by atoms with Gasteiger partial charge in [0.2, 0.25) is 0 Å². The number of carboxylic acid groups (broad SMARTS) is 1. The number of aromatic carboxylic acids is 1. The molecule has 0 aromatic carbocycles. The van der Waals surface area contributed by atoms with Gasteiger partial charge >= 0.3 is 5.97 Å². The van der Waals surface area contributed by atoms with E-state index in [1.165, 1.54) is 13.1 Å². The Labute approximate surface area is 101 Å². The van der Waals surface area contributed by atoms with Crippen LogP contribution in [-0.2, 0) is 0 Å². The molecule has 2 aromatic heterocycles. The van der Waals surface area contributed by atoms with E-state index in [1.54, 1.807) is 18.3 Å². The Bertz CT molecular complexity index is 592. The third kappa shape index (κ3) is 2.19. The summed E-state index contributed by atoms with van der Waals surface area (Å²) in [6.45, 7) is 1.43. The second kappa shape index (κ2) is 4.66. The van der Waals surface area contributed by atoms with Crippen LogP contribution in [0.2, 0.25) is 0 Å². The van der Waals surface area contributed by atoms with Gasteiger partial charge in [-0.3, -0.25) is 9.78 Å². The summed E-state index contributed by atoms with van der Waals surface area (Å²) in [5, 5.41) is 14.9. The predicted octanol–water partition coefficient (Wildman–Crippen LogP) is 1.33. The molecular formula is C11H9N3O4. The van der Waals surface area contributed by atoms with E-state index >= 15 is 0 Å². The van der Waals surface area contributed by atoms with Crippen LogP contribution in [-0.4, -0.2) is 27.1 Å². The first-order valence-electron chi connectivity index (χ1n) is 5.00. The van der Waals surface area contributed by atoms with Crippen LogP contribution in [0.1, 0.15) is 26.6 Å². The van der Waals surface area contributed by atoms with E-state index < -0.39 is 11.9 Å². The lowest BCUT2D eigenvalue weighted by atomic mass is 10.2. The number of carbonyl (C=O) groups is 2. The molecule has 0 spiro atoms. The van der Waals surface area contributed by atoms with Gasteiger partial charge in [0.15, 0.2) is 5.69 Å². The lowest BCUT2D eigenvalue weighted by molar-refractivity contribution is 0.0691. The molecule has 0 fully saturated rings. The van der Waals surface area contributed by atoms with Crippen molar-refractivity contribution in [2.45, 2.75) is 6.92 Å². The van der Waals surface area contributed by atoms with Gasteiger partial charge in [0.1, 0.15) is 11.3 Å². The first-order valence-corrected chi connectivity index (χ1v) is 5.00. The number of aromatic nitrogens is 2. The highest BCUT2D eigenvalue weighted by Gasteiger charge is 2.25. The van der Waals surface area contributed by atoms with Gasteiger partial charge in [-0.2, -0.15) is 0 Å². The number of nitrogens with zero attached hydrogens (tertiary/aromatic N) is 2. The molecule has 0 aliphatic heterocycles. The van der Waals surface area contributed by atoms with Crippen molar-refractivity contribution < 1.29 is 19.2 Å². The van der Waals surface area contributed by atoms with Crippen LogP contribution in [0.15, 0.2) is 29.0 Å². The minimum Gasteiger partial charge on any atom is -0.477 e. The lowest BCUT2D eigenvalue weighted by Crippen LogP contribution is -2.16. The number of anilines is 1. The number of carboxylic acids is 1. The molecule has 2 rings (SSSR count). The third-order valence-electron chi connectivity index (χ3n) is 2.21. The van der Waals surface area contributed by atoms with Crippen LogP contribution in [0.4, 0.5) is 5.69 Å². The van der Waals surface area contributed by atoms with E-state index in [9.17, 15) is 9.59 Å². The average Bonchev–Trinajstić information content (AvgIpc) is 2.72. The Morgan fingerprint density at radius 1 is 1.44 bits per heavy atom. The Morgan fingerprint density at radius 2 is 2.22 bits per heavy atom. The first kappa shape index (κ1) is 11.8. The molecule has 1 amide bonds. The maximum absolute atomic E-state index is 11.8. The fraction of sp³-hybridized carbons (Fsp3) is 0.0909. The summed E-state index contributed by atoms with van der Waals surface area (Å²) in [7, 11) is 0.